The molecule has 138 valence electrons. The molecule has 4 nitrogen and oxygen atoms in total. The number of rotatable bonds is 2. The number of aryl methyl sites for hydroxylation is 1. The highest BCUT2D eigenvalue weighted by Gasteiger charge is 2.28. The van der Waals surface area contributed by atoms with Crippen molar-refractivity contribution in [2.75, 3.05) is 31.1 Å². The first kappa shape index (κ1) is 19.2. The minimum absolute atomic E-state index is 0.0109. The lowest BCUT2D eigenvalue weighted by Crippen LogP contribution is -2.49. The minimum atomic E-state index is -0.363. The topological polar surface area (TPSA) is 43.8 Å². The number of aromatic hydroxyl groups is 1. The van der Waals surface area contributed by atoms with Gasteiger partial charge in [-0.1, -0.05) is 46.9 Å². The zero-order valence-corrected chi connectivity index (χ0v) is 16.8. The standard InChI is InChI=1S/C19H19Cl3N2O2/c1-11-4-3-5-15(12(11)2)23-6-8-24(9-7-23)19(26)16-17(22)13(20)10-14(21)18(16)25/h3-5,10,25H,6-9H2,1-2H3. The molecule has 0 aliphatic carbocycles. The summed E-state index contributed by atoms with van der Waals surface area (Å²) in [7, 11) is 0. The van der Waals surface area contributed by atoms with Gasteiger partial charge < -0.3 is 14.9 Å². The van der Waals surface area contributed by atoms with Crippen molar-refractivity contribution in [3.05, 3.63) is 56.0 Å². The van der Waals surface area contributed by atoms with E-state index in [0.29, 0.717) is 26.2 Å². The highest BCUT2D eigenvalue weighted by atomic mass is 35.5. The first-order valence-corrected chi connectivity index (χ1v) is 9.41. The van der Waals surface area contributed by atoms with E-state index in [2.05, 4.69) is 30.9 Å². The fraction of sp³-hybridized carbons (Fsp3) is 0.316. The Morgan fingerprint density at radius 3 is 2.35 bits per heavy atom. The summed E-state index contributed by atoms with van der Waals surface area (Å²) in [4.78, 5) is 16.8. The summed E-state index contributed by atoms with van der Waals surface area (Å²) in [6, 6.07) is 7.56. The van der Waals surface area contributed by atoms with E-state index in [4.69, 9.17) is 34.8 Å². The quantitative estimate of drug-likeness (QED) is 0.710. The molecule has 0 unspecified atom stereocenters. The normalized spacial score (nSPS) is 14.7. The minimum Gasteiger partial charge on any atom is -0.505 e. The smallest absolute Gasteiger partial charge is 0.259 e. The first-order chi connectivity index (χ1) is 12.3. The molecule has 2 aromatic carbocycles. The second kappa shape index (κ2) is 7.55. The summed E-state index contributed by atoms with van der Waals surface area (Å²) in [5.74, 6) is -0.694. The van der Waals surface area contributed by atoms with Crippen molar-refractivity contribution in [3.63, 3.8) is 0 Å². The molecule has 1 aliphatic heterocycles. The van der Waals surface area contributed by atoms with Crippen LogP contribution in [0.4, 0.5) is 5.69 Å². The van der Waals surface area contributed by atoms with Gasteiger partial charge in [-0.3, -0.25) is 4.79 Å². The Labute approximate surface area is 167 Å². The monoisotopic (exact) mass is 412 g/mol. The number of halogens is 3. The summed E-state index contributed by atoms with van der Waals surface area (Å²) < 4.78 is 0. The fourth-order valence-corrected chi connectivity index (χ4v) is 3.86. The largest absolute Gasteiger partial charge is 0.505 e. The third-order valence-corrected chi connectivity index (χ3v) is 5.92. The van der Waals surface area contributed by atoms with Gasteiger partial charge in [-0.25, -0.2) is 0 Å². The van der Waals surface area contributed by atoms with E-state index < -0.39 is 0 Å². The average Bonchev–Trinajstić information content (AvgIpc) is 2.62. The van der Waals surface area contributed by atoms with Gasteiger partial charge in [-0.2, -0.15) is 0 Å². The van der Waals surface area contributed by atoms with Crippen LogP contribution in [-0.2, 0) is 0 Å². The SMILES string of the molecule is Cc1cccc(N2CCN(C(=O)c3c(O)c(Cl)cc(Cl)c3Cl)CC2)c1C. The molecule has 1 amide bonds. The lowest BCUT2D eigenvalue weighted by atomic mass is 10.1. The molecule has 1 N–H and O–H groups in total. The van der Waals surface area contributed by atoms with Gasteiger partial charge in [0.1, 0.15) is 11.3 Å². The summed E-state index contributed by atoms with van der Waals surface area (Å²) in [6.07, 6.45) is 0. The lowest BCUT2D eigenvalue weighted by molar-refractivity contribution is 0.0744. The Hall–Kier alpha value is -1.62. The summed E-state index contributed by atoms with van der Waals surface area (Å²) in [5, 5.41) is 10.3. The molecule has 2 aromatic rings. The van der Waals surface area contributed by atoms with Crippen LogP contribution >= 0.6 is 34.8 Å². The first-order valence-electron chi connectivity index (χ1n) is 8.28. The average molecular weight is 414 g/mol. The summed E-state index contributed by atoms with van der Waals surface area (Å²) >= 11 is 18.1. The zero-order chi connectivity index (χ0) is 19.0. The number of anilines is 1. The third-order valence-electron chi connectivity index (χ3n) is 4.84. The molecular weight excluding hydrogens is 395 g/mol. The van der Waals surface area contributed by atoms with Crippen LogP contribution in [0, 0.1) is 13.8 Å². The number of hydrogen-bond acceptors (Lipinski definition) is 3. The number of phenolic OH excluding ortho intramolecular Hbond substituents is 1. The Bertz CT molecular complexity index is 836. The van der Waals surface area contributed by atoms with Crippen molar-refractivity contribution in [1.29, 1.82) is 0 Å². The van der Waals surface area contributed by atoms with Crippen molar-refractivity contribution in [1.82, 2.24) is 4.90 Å². The van der Waals surface area contributed by atoms with Gasteiger partial charge in [0.05, 0.1) is 15.1 Å². The Morgan fingerprint density at radius 2 is 1.69 bits per heavy atom. The molecule has 0 aromatic heterocycles. The zero-order valence-electron chi connectivity index (χ0n) is 14.5. The van der Waals surface area contributed by atoms with Crippen LogP contribution in [0.3, 0.4) is 0 Å². The van der Waals surface area contributed by atoms with Crippen molar-refractivity contribution in [2.24, 2.45) is 0 Å². The molecule has 1 fully saturated rings. The second-order valence-corrected chi connectivity index (χ2v) is 7.57. The fourth-order valence-electron chi connectivity index (χ4n) is 3.17. The maximum absolute atomic E-state index is 12.9. The van der Waals surface area contributed by atoms with E-state index >= 15 is 0 Å². The molecular formula is C19H19Cl3N2O2. The van der Waals surface area contributed by atoms with Crippen molar-refractivity contribution >= 4 is 46.4 Å². The van der Waals surface area contributed by atoms with Crippen LogP contribution in [0.1, 0.15) is 21.5 Å². The van der Waals surface area contributed by atoms with Gasteiger partial charge in [0.25, 0.3) is 5.91 Å². The second-order valence-electron chi connectivity index (χ2n) is 6.38. The number of amides is 1. The molecule has 0 bridgehead atoms. The number of piperazine rings is 1. The lowest BCUT2D eigenvalue weighted by Gasteiger charge is -2.37. The van der Waals surface area contributed by atoms with Crippen LogP contribution in [0.5, 0.6) is 5.75 Å². The van der Waals surface area contributed by atoms with Gasteiger partial charge in [0.15, 0.2) is 0 Å². The number of carbonyl (C=O) groups is 1. The van der Waals surface area contributed by atoms with Gasteiger partial charge in [0.2, 0.25) is 0 Å². The molecule has 0 atom stereocenters. The van der Waals surface area contributed by atoms with E-state index in [1.807, 2.05) is 6.07 Å². The van der Waals surface area contributed by atoms with E-state index in [1.165, 1.54) is 22.9 Å². The molecule has 3 rings (SSSR count). The number of phenols is 1. The van der Waals surface area contributed by atoms with Gasteiger partial charge >= 0.3 is 0 Å². The number of nitrogens with zero attached hydrogens (tertiary/aromatic N) is 2. The van der Waals surface area contributed by atoms with E-state index in [0.717, 1.165) is 0 Å². The van der Waals surface area contributed by atoms with E-state index in [1.54, 1.807) is 4.90 Å². The van der Waals surface area contributed by atoms with E-state index in [9.17, 15) is 9.90 Å². The summed E-state index contributed by atoms with van der Waals surface area (Å²) in [5.41, 5.74) is 3.63. The predicted molar refractivity (Wildman–Crippen MR) is 107 cm³/mol. The van der Waals surface area contributed by atoms with Crippen LogP contribution in [0.25, 0.3) is 0 Å². The third kappa shape index (κ3) is 3.46. The number of hydrogen-bond donors (Lipinski definition) is 1. The van der Waals surface area contributed by atoms with Crippen LogP contribution < -0.4 is 4.90 Å². The Balaban J connectivity index is 1.79. The molecule has 7 heteroatoms. The van der Waals surface area contributed by atoms with Crippen molar-refractivity contribution in [3.8, 4) is 5.75 Å². The number of carbonyl (C=O) groups excluding carboxylic acids is 1. The van der Waals surface area contributed by atoms with Gasteiger partial charge in [0, 0.05) is 31.9 Å². The van der Waals surface area contributed by atoms with Crippen LogP contribution in [0.15, 0.2) is 24.3 Å². The maximum atomic E-state index is 12.9. The number of benzene rings is 2. The van der Waals surface area contributed by atoms with Crippen LogP contribution in [-0.4, -0.2) is 42.1 Å². The molecule has 0 saturated carbocycles. The maximum Gasteiger partial charge on any atom is 0.259 e. The van der Waals surface area contributed by atoms with Gasteiger partial charge in [-0.15, -0.1) is 0 Å². The van der Waals surface area contributed by atoms with Gasteiger partial charge in [-0.05, 0) is 37.1 Å². The molecule has 0 radical (unpaired) electrons. The highest BCUT2D eigenvalue weighted by Crippen LogP contribution is 2.39. The van der Waals surface area contributed by atoms with Crippen molar-refractivity contribution < 1.29 is 9.90 Å². The molecule has 1 saturated heterocycles. The highest BCUT2D eigenvalue weighted by molar-refractivity contribution is 6.45. The molecule has 1 aliphatic rings. The molecule has 1 heterocycles. The Kier molecular flexibility index (Phi) is 5.56. The van der Waals surface area contributed by atoms with Crippen LogP contribution in [0.2, 0.25) is 15.1 Å². The summed E-state index contributed by atoms with van der Waals surface area (Å²) in [6.45, 7) is 6.63. The molecule has 26 heavy (non-hydrogen) atoms. The van der Waals surface area contributed by atoms with E-state index in [-0.39, 0.29) is 32.3 Å². The molecule has 0 spiro atoms. The Morgan fingerprint density at radius 1 is 1.04 bits per heavy atom. The van der Waals surface area contributed by atoms with Crippen molar-refractivity contribution in [2.45, 2.75) is 13.8 Å². The predicted octanol–water partition coefficient (Wildman–Crippen LogP) is 4.93.